The maximum Gasteiger partial charge on any atom is 0.108 e. The highest BCUT2D eigenvalue weighted by atomic mass is 16.3. The molecule has 102 valence electrons. The van der Waals surface area contributed by atoms with Gasteiger partial charge in [0.2, 0.25) is 0 Å². The zero-order valence-electron chi connectivity index (χ0n) is 12.0. The molecule has 0 aliphatic carbocycles. The van der Waals surface area contributed by atoms with Crippen LogP contribution >= 0.6 is 0 Å². The third kappa shape index (κ3) is 3.61. The molecule has 0 N–H and O–H groups in total. The van der Waals surface area contributed by atoms with Gasteiger partial charge in [-0.05, 0) is 28.8 Å². The lowest BCUT2D eigenvalue weighted by Gasteiger charge is -2.03. The van der Waals surface area contributed by atoms with Gasteiger partial charge in [0, 0.05) is 6.42 Å². The Hall–Kier alpha value is -2.28. The first-order chi connectivity index (χ1) is 9.92. The SMILES string of the molecule is CC.c1ccc(-c2ccc(Cc3ccco3)cc2)cc1. The molecule has 0 fully saturated rings. The quantitative estimate of drug-likeness (QED) is 0.603. The first-order valence-electron chi connectivity index (χ1n) is 7.08. The first kappa shape index (κ1) is 14.1. The fourth-order valence-corrected chi connectivity index (χ4v) is 2.06. The number of hydrogen-bond acceptors (Lipinski definition) is 1. The van der Waals surface area contributed by atoms with Gasteiger partial charge in [0.1, 0.15) is 5.76 Å². The summed E-state index contributed by atoms with van der Waals surface area (Å²) in [5.41, 5.74) is 3.77. The number of rotatable bonds is 3. The highest BCUT2D eigenvalue weighted by Crippen LogP contribution is 2.20. The molecule has 0 radical (unpaired) electrons. The lowest BCUT2D eigenvalue weighted by atomic mass is 10.0. The third-order valence-corrected chi connectivity index (χ3v) is 3.02. The van der Waals surface area contributed by atoms with E-state index in [2.05, 4.69) is 48.5 Å². The first-order valence-corrected chi connectivity index (χ1v) is 7.08. The fourth-order valence-electron chi connectivity index (χ4n) is 2.06. The van der Waals surface area contributed by atoms with Gasteiger partial charge in [0.25, 0.3) is 0 Å². The second kappa shape index (κ2) is 7.34. The van der Waals surface area contributed by atoms with Crippen molar-refractivity contribution in [2.75, 3.05) is 0 Å². The lowest BCUT2D eigenvalue weighted by Crippen LogP contribution is -1.85. The van der Waals surface area contributed by atoms with Crippen LogP contribution in [0.15, 0.2) is 77.4 Å². The van der Waals surface area contributed by atoms with Gasteiger partial charge >= 0.3 is 0 Å². The van der Waals surface area contributed by atoms with Crippen molar-refractivity contribution in [1.82, 2.24) is 0 Å². The lowest BCUT2D eigenvalue weighted by molar-refractivity contribution is 0.521. The summed E-state index contributed by atoms with van der Waals surface area (Å²) in [6.45, 7) is 4.00. The average molecular weight is 264 g/mol. The molecule has 0 saturated carbocycles. The van der Waals surface area contributed by atoms with E-state index in [0.29, 0.717) is 0 Å². The summed E-state index contributed by atoms with van der Waals surface area (Å²) in [7, 11) is 0. The molecule has 0 spiro atoms. The highest BCUT2D eigenvalue weighted by Gasteiger charge is 2.00. The standard InChI is InChI=1S/C17H14O.C2H6/c1-2-5-15(6-3-1)16-10-8-14(9-11-16)13-17-7-4-12-18-17;1-2/h1-12H,13H2;1-2H3. The molecule has 2 aromatic carbocycles. The monoisotopic (exact) mass is 264 g/mol. The van der Waals surface area contributed by atoms with Crippen LogP contribution in [0, 0.1) is 0 Å². The maximum atomic E-state index is 5.35. The molecule has 0 saturated heterocycles. The smallest absolute Gasteiger partial charge is 0.108 e. The molecule has 0 unspecified atom stereocenters. The van der Waals surface area contributed by atoms with E-state index in [0.717, 1.165) is 12.2 Å². The fraction of sp³-hybridized carbons (Fsp3) is 0.158. The Bertz CT molecular complexity index is 592. The summed E-state index contributed by atoms with van der Waals surface area (Å²) in [6.07, 6.45) is 2.57. The second-order valence-electron chi connectivity index (χ2n) is 4.32. The van der Waals surface area contributed by atoms with Crippen LogP contribution in [0.3, 0.4) is 0 Å². The van der Waals surface area contributed by atoms with Crippen molar-refractivity contribution in [1.29, 1.82) is 0 Å². The predicted octanol–water partition coefficient (Wildman–Crippen LogP) is 5.56. The Labute approximate surface area is 120 Å². The van der Waals surface area contributed by atoms with Gasteiger partial charge in [-0.2, -0.15) is 0 Å². The minimum Gasteiger partial charge on any atom is -0.469 e. The van der Waals surface area contributed by atoms with Crippen molar-refractivity contribution in [3.63, 3.8) is 0 Å². The summed E-state index contributed by atoms with van der Waals surface area (Å²) < 4.78 is 5.35. The van der Waals surface area contributed by atoms with E-state index < -0.39 is 0 Å². The maximum absolute atomic E-state index is 5.35. The minimum atomic E-state index is 0.849. The Morgan fingerprint density at radius 1 is 0.700 bits per heavy atom. The van der Waals surface area contributed by atoms with Crippen molar-refractivity contribution >= 4 is 0 Å². The summed E-state index contributed by atoms with van der Waals surface area (Å²) >= 11 is 0. The predicted molar refractivity (Wildman–Crippen MR) is 84.7 cm³/mol. The number of benzene rings is 2. The van der Waals surface area contributed by atoms with E-state index in [4.69, 9.17) is 4.42 Å². The van der Waals surface area contributed by atoms with E-state index in [1.54, 1.807) is 6.26 Å². The van der Waals surface area contributed by atoms with Crippen molar-refractivity contribution in [2.45, 2.75) is 20.3 Å². The Morgan fingerprint density at radius 3 is 1.95 bits per heavy atom. The van der Waals surface area contributed by atoms with Gasteiger partial charge in [-0.15, -0.1) is 0 Å². The van der Waals surface area contributed by atoms with Crippen LogP contribution in [-0.2, 0) is 6.42 Å². The Balaban J connectivity index is 0.000000704. The van der Waals surface area contributed by atoms with E-state index in [9.17, 15) is 0 Å². The molecular formula is C19H20O. The summed E-state index contributed by atoms with van der Waals surface area (Å²) in [5.74, 6) is 1.00. The molecule has 20 heavy (non-hydrogen) atoms. The van der Waals surface area contributed by atoms with Crippen LogP contribution in [0.5, 0.6) is 0 Å². The van der Waals surface area contributed by atoms with Crippen molar-refractivity contribution in [3.05, 3.63) is 84.3 Å². The normalized spacial score (nSPS) is 9.70. The molecule has 0 atom stereocenters. The molecule has 0 amide bonds. The number of furan rings is 1. The summed E-state index contributed by atoms with van der Waals surface area (Å²) in [5, 5.41) is 0. The van der Waals surface area contributed by atoms with Crippen LogP contribution in [-0.4, -0.2) is 0 Å². The van der Waals surface area contributed by atoms with Gasteiger partial charge < -0.3 is 4.42 Å². The van der Waals surface area contributed by atoms with E-state index in [1.165, 1.54) is 16.7 Å². The van der Waals surface area contributed by atoms with Gasteiger partial charge in [-0.1, -0.05) is 68.4 Å². The second-order valence-corrected chi connectivity index (χ2v) is 4.32. The third-order valence-electron chi connectivity index (χ3n) is 3.02. The summed E-state index contributed by atoms with van der Waals surface area (Å²) in [6, 6.07) is 23.0. The van der Waals surface area contributed by atoms with Crippen LogP contribution in [0.4, 0.5) is 0 Å². The van der Waals surface area contributed by atoms with Crippen LogP contribution < -0.4 is 0 Å². The van der Waals surface area contributed by atoms with Crippen molar-refractivity contribution in [2.24, 2.45) is 0 Å². The molecule has 0 aliphatic rings. The van der Waals surface area contributed by atoms with Crippen LogP contribution in [0.1, 0.15) is 25.2 Å². The molecule has 1 nitrogen and oxygen atoms in total. The summed E-state index contributed by atoms with van der Waals surface area (Å²) in [4.78, 5) is 0. The van der Waals surface area contributed by atoms with Crippen LogP contribution in [0.2, 0.25) is 0 Å². The largest absolute Gasteiger partial charge is 0.469 e. The molecule has 0 aliphatic heterocycles. The molecule has 1 heterocycles. The molecule has 1 heteroatoms. The van der Waals surface area contributed by atoms with Gasteiger partial charge in [0.05, 0.1) is 6.26 Å². The zero-order chi connectivity index (χ0) is 14.2. The zero-order valence-corrected chi connectivity index (χ0v) is 12.0. The topological polar surface area (TPSA) is 13.1 Å². The van der Waals surface area contributed by atoms with Crippen LogP contribution in [0.25, 0.3) is 11.1 Å². The molecule has 3 rings (SSSR count). The van der Waals surface area contributed by atoms with E-state index >= 15 is 0 Å². The van der Waals surface area contributed by atoms with Crippen molar-refractivity contribution in [3.8, 4) is 11.1 Å². The van der Waals surface area contributed by atoms with Gasteiger partial charge in [-0.25, -0.2) is 0 Å². The van der Waals surface area contributed by atoms with E-state index in [-0.39, 0.29) is 0 Å². The molecule has 3 aromatic rings. The van der Waals surface area contributed by atoms with Gasteiger partial charge in [0.15, 0.2) is 0 Å². The minimum absolute atomic E-state index is 0.849. The molecule has 0 bridgehead atoms. The Kier molecular flexibility index (Phi) is 5.19. The molecular weight excluding hydrogens is 244 g/mol. The Morgan fingerprint density at radius 2 is 1.35 bits per heavy atom. The van der Waals surface area contributed by atoms with E-state index in [1.807, 2.05) is 32.0 Å². The van der Waals surface area contributed by atoms with Gasteiger partial charge in [-0.3, -0.25) is 0 Å². The average Bonchev–Trinajstić information content (AvgIpc) is 3.04. The number of hydrogen-bond donors (Lipinski definition) is 0. The van der Waals surface area contributed by atoms with Crippen molar-refractivity contribution < 1.29 is 4.42 Å². The molecule has 1 aromatic heterocycles. The highest BCUT2D eigenvalue weighted by molar-refractivity contribution is 5.63.